The molecule has 7 heteroatoms. The second-order valence-corrected chi connectivity index (χ2v) is 6.80. The normalized spacial score (nSPS) is 11.3. The van der Waals surface area contributed by atoms with Crippen LogP contribution in [0.3, 0.4) is 0 Å². The van der Waals surface area contributed by atoms with Gasteiger partial charge >= 0.3 is 0 Å². The van der Waals surface area contributed by atoms with Gasteiger partial charge in [-0.15, -0.1) is 11.3 Å². The van der Waals surface area contributed by atoms with Gasteiger partial charge in [-0.25, -0.2) is 9.97 Å². The molecule has 0 saturated carbocycles. The Balaban J connectivity index is 2.18. The number of nitrogens with zero attached hydrogens (tertiary/aromatic N) is 2. The third-order valence-electron chi connectivity index (χ3n) is 2.81. The highest BCUT2D eigenvalue weighted by Gasteiger charge is 2.18. The molecule has 0 aromatic carbocycles. The van der Waals surface area contributed by atoms with E-state index >= 15 is 0 Å². The van der Waals surface area contributed by atoms with Crippen molar-refractivity contribution in [1.82, 2.24) is 9.97 Å². The van der Waals surface area contributed by atoms with Gasteiger partial charge < -0.3 is 5.32 Å². The fraction of sp³-hybridized carbons (Fsp3) is 0.357. The summed E-state index contributed by atoms with van der Waals surface area (Å²) in [5, 5.41) is 8.44. The number of halogens is 1. The maximum atomic E-state index is 12.2. The van der Waals surface area contributed by atoms with Crippen molar-refractivity contribution in [2.75, 3.05) is 17.7 Å². The van der Waals surface area contributed by atoms with Crippen molar-refractivity contribution in [2.24, 2.45) is 0 Å². The van der Waals surface area contributed by atoms with Crippen LogP contribution in [0, 0.1) is 0 Å². The monoisotopic (exact) mass is 324 g/mol. The molecule has 0 spiro atoms. The lowest BCUT2D eigenvalue weighted by molar-refractivity contribution is 0.102. The van der Waals surface area contributed by atoms with E-state index in [4.69, 9.17) is 11.6 Å². The summed E-state index contributed by atoms with van der Waals surface area (Å²) in [5.41, 5.74) is 1.34. The van der Waals surface area contributed by atoms with Gasteiger partial charge in [0.25, 0.3) is 5.91 Å². The Morgan fingerprint density at radius 1 is 1.29 bits per heavy atom. The lowest BCUT2D eigenvalue weighted by Crippen LogP contribution is -2.14. The van der Waals surface area contributed by atoms with Crippen LogP contribution < -0.4 is 10.6 Å². The molecule has 1 amide bonds. The minimum Gasteiger partial charge on any atom is -0.373 e. The van der Waals surface area contributed by atoms with Crippen LogP contribution in [0.5, 0.6) is 0 Å². The lowest BCUT2D eigenvalue weighted by atomic mass is 9.93. The number of pyridine rings is 1. The molecule has 2 heterocycles. The van der Waals surface area contributed by atoms with E-state index in [9.17, 15) is 4.79 Å². The van der Waals surface area contributed by atoms with Gasteiger partial charge in [-0.05, 0) is 12.1 Å². The molecule has 5 nitrogen and oxygen atoms in total. The van der Waals surface area contributed by atoms with E-state index < -0.39 is 0 Å². The van der Waals surface area contributed by atoms with Crippen molar-refractivity contribution in [3.05, 3.63) is 33.9 Å². The molecule has 2 N–H and O–H groups in total. The van der Waals surface area contributed by atoms with Crippen LogP contribution in [0.25, 0.3) is 0 Å². The van der Waals surface area contributed by atoms with Crippen LogP contribution in [0.1, 0.15) is 36.8 Å². The number of thiazole rings is 1. The Kier molecular flexibility index (Phi) is 4.49. The average Bonchev–Trinajstić information content (AvgIpc) is 2.86. The summed E-state index contributed by atoms with van der Waals surface area (Å²) in [6.45, 7) is 6.24. The first-order valence-corrected chi connectivity index (χ1v) is 7.68. The summed E-state index contributed by atoms with van der Waals surface area (Å²) < 4.78 is 0. The molecular formula is C14H17ClN4OS. The molecule has 0 unspecified atom stereocenters. The minimum absolute atomic E-state index is 0.0429. The van der Waals surface area contributed by atoms with E-state index in [0.717, 1.165) is 5.69 Å². The predicted octanol–water partition coefficient (Wildman–Crippen LogP) is 3.78. The second kappa shape index (κ2) is 5.99. The van der Waals surface area contributed by atoms with Crippen molar-refractivity contribution >= 4 is 39.8 Å². The van der Waals surface area contributed by atoms with Crippen molar-refractivity contribution in [3.8, 4) is 0 Å². The molecule has 0 aliphatic carbocycles. The van der Waals surface area contributed by atoms with Crippen molar-refractivity contribution < 1.29 is 4.79 Å². The van der Waals surface area contributed by atoms with Crippen LogP contribution in [-0.4, -0.2) is 22.9 Å². The van der Waals surface area contributed by atoms with E-state index in [0.29, 0.717) is 16.5 Å². The number of aromatic nitrogens is 2. The Hall–Kier alpha value is -1.66. The Morgan fingerprint density at radius 2 is 2.00 bits per heavy atom. The van der Waals surface area contributed by atoms with Gasteiger partial charge in [-0.3, -0.25) is 10.1 Å². The van der Waals surface area contributed by atoms with Crippen LogP contribution in [0.2, 0.25) is 5.15 Å². The van der Waals surface area contributed by atoms with Crippen molar-refractivity contribution in [1.29, 1.82) is 0 Å². The summed E-state index contributed by atoms with van der Waals surface area (Å²) in [5.74, 6) is 0.285. The maximum absolute atomic E-state index is 12.2. The number of anilines is 2. The Morgan fingerprint density at radius 3 is 2.57 bits per heavy atom. The fourth-order valence-corrected chi connectivity index (χ4v) is 2.74. The number of carbonyl (C=O) groups excluding carboxylic acids is 1. The van der Waals surface area contributed by atoms with Gasteiger partial charge in [-0.1, -0.05) is 32.4 Å². The highest BCUT2D eigenvalue weighted by atomic mass is 35.5. The third kappa shape index (κ3) is 3.92. The maximum Gasteiger partial charge on any atom is 0.257 e. The Labute approximate surface area is 132 Å². The second-order valence-electron chi connectivity index (χ2n) is 5.56. The number of rotatable bonds is 3. The molecule has 0 saturated heterocycles. The topological polar surface area (TPSA) is 66.9 Å². The SMILES string of the molecule is CNc1cc(C(=O)Nc2nc(C(C)(C)C)cs2)cc(Cl)n1. The van der Waals surface area contributed by atoms with E-state index in [-0.39, 0.29) is 16.5 Å². The molecule has 21 heavy (non-hydrogen) atoms. The van der Waals surface area contributed by atoms with Crippen LogP contribution in [-0.2, 0) is 5.41 Å². The Bertz CT molecular complexity index is 663. The van der Waals surface area contributed by atoms with Crippen LogP contribution in [0.15, 0.2) is 17.5 Å². The first kappa shape index (κ1) is 15.7. The van der Waals surface area contributed by atoms with Crippen LogP contribution >= 0.6 is 22.9 Å². The standard InChI is InChI=1S/C14H17ClN4OS/c1-14(2,3)9-7-21-13(17-9)19-12(20)8-5-10(15)18-11(6-8)16-4/h5-7H,1-4H3,(H,16,18)(H,17,19,20). The quantitative estimate of drug-likeness (QED) is 0.843. The summed E-state index contributed by atoms with van der Waals surface area (Å²) in [4.78, 5) is 20.7. The molecule has 0 radical (unpaired) electrons. The molecule has 0 atom stereocenters. The summed E-state index contributed by atoms with van der Waals surface area (Å²) in [6.07, 6.45) is 0. The number of amides is 1. The minimum atomic E-state index is -0.259. The molecule has 0 fully saturated rings. The fourth-order valence-electron chi connectivity index (χ4n) is 1.60. The highest BCUT2D eigenvalue weighted by Crippen LogP contribution is 2.26. The average molecular weight is 325 g/mol. The van der Waals surface area contributed by atoms with E-state index in [1.807, 2.05) is 5.38 Å². The van der Waals surface area contributed by atoms with Crippen LogP contribution in [0.4, 0.5) is 10.9 Å². The third-order valence-corrected chi connectivity index (χ3v) is 3.76. The number of carbonyl (C=O) groups is 1. The zero-order chi connectivity index (χ0) is 15.6. The number of hydrogen-bond donors (Lipinski definition) is 2. The first-order chi connectivity index (χ1) is 9.79. The largest absolute Gasteiger partial charge is 0.373 e. The van der Waals surface area contributed by atoms with Gasteiger partial charge in [0.15, 0.2) is 5.13 Å². The molecule has 2 aromatic rings. The van der Waals surface area contributed by atoms with E-state index in [1.54, 1.807) is 13.1 Å². The summed E-state index contributed by atoms with van der Waals surface area (Å²) >= 11 is 7.30. The molecular weight excluding hydrogens is 308 g/mol. The van der Waals surface area contributed by atoms with Gasteiger partial charge in [0.05, 0.1) is 5.69 Å². The highest BCUT2D eigenvalue weighted by molar-refractivity contribution is 7.14. The van der Waals surface area contributed by atoms with Gasteiger partial charge in [-0.2, -0.15) is 0 Å². The number of nitrogens with one attached hydrogen (secondary N) is 2. The smallest absolute Gasteiger partial charge is 0.257 e. The number of hydrogen-bond acceptors (Lipinski definition) is 5. The van der Waals surface area contributed by atoms with Gasteiger partial charge in [0, 0.05) is 23.4 Å². The lowest BCUT2D eigenvalue weighted by Gasteiger charge is -2.14. The van der Waals surface area contributed by atoms with Gasteiger partial charge in [0.1, 0.15) is 11.0 Å². The molecule has 0 aliphatic rings. The molecule has 112 valence electrons. The zero-order valence-electron chi connectivity index (χ0n) is 12.3. The molecule has 0 bridgehead atoms. The molecule has 0 aliphatic heterocycles. The molecule has 2 rings (SSSR count). The molecule has 2 aromatic heterocycles. The zero-order valence-corrected chi connectivity index (χ0v) is 13.9. The predicted molar refractivity (Wildman–Crippen MR) is 87.6 cm³/mol. The van der Waals surface area contributed by atoms with Gasteiger partial charge in [0.2, 0.25) is 0 Å². The summed E-state index contributed by atoms with van der Waals surface area (Å²) in [6, 6.07) is 3.16. The van der Waals surface area contributed by atoms with E-state index in [2.05, 4.69) is 41.4 Å². The van der Waals surface area contributed by atoms with Crippen molar-refractivity contribution in [3.63, 3.8) is 0 Å². The first-order valence-electron chi connectivity index (χ1n) is 6.42. The summed E-state index contributed by atoms with van der Waals surface area (Å²) in [7, 11) is 1.72. The van der Waals surface area contributed by atoms with E-state index in [1.165, 1.54) is 17.4 Å². The van der Waals surface area contributed by atoms with Crippen molar-refractivity contribution in [2.45, 2.75) is 26.2 Å².